The number of amides is 1. The molecule has 1 aliphatic rings. The van der Waals surface area contributed by atoms with E-state index in [2.05, 4.69) is 22.0 Å². The second-order valence-corrected chi connectivity index (χ2v) is 9.20. The van der Waals surface area contributed by atoms with Crippen molar-refractivity contribution in [2.24, 2.45) is 5.92 Å². The highest BCUT2D eigenvalue weighted by Gasteiger charge is 2.33. The molecular formula is C28H30F3N3O. The third-order valence-electron chi connectivity index (χ3n) is 6.85. The van der Waals surface area contributed by atoms with Crippen LogP contribution in [0.15, 0.2) is 79.0 Å². The first-order valence-electron chi connectivity index (χ1n) is 11.9. The Balaban J connectivity index is 1.42. The lowest BCUT2D eigenvalue weighted by molar-refractivity contribution is -0.137. The first-order valence-corrected chi connectivity index (χ1v) is 11.9. The number of piperidine rings is 1. The molecule has 2 aromatic carbocycles. The maximum absolute atomic E-state index is 13.2. The van der Waals surface area contributed by atoms with Crippen molar-refractivity contribution in [3.63, 3.8) is 0 Å². The highest BCUT2D eigenvalue weighted by Crippen LogP contribution is 2.30. The summed E-state index contributed by atoms with van der Waals surface area (Å²) in [6, 6.07) is 21.0. The minimum Gasteiger partial charge on any atom is -0.337 e. The number of pyridine rings is 1. The molecule has 4 rings (SSSR count). The molecule has 0 N–H and O–H groups in total. The predicted octanol–water partition coefficient (Wildman–Crippen LogP) is 5.70. The van der Waals surface area contributed by atoms with Crippen molar-refractivity contribution < 1.29 is 18.0 Å². The van der Waals surface area contributed by atoms with Gasteiger partial charge >= 0.3 is 6.18 Å². The Kier molecular flexibility index (Phi) is 7.86. The normalized spacial score (nSPS) is 16.1. The van der Waals surface area contributed by atoms with Gasteiger partial charge in [0.05, 0.1) is 5.56 Å². The molecule has 4 nitrogen and oxygen atoms in total. The van der Waals surface area contributed by atoms with Gasteiger partial charge in [-0.15, -0.1) is 0 Å². The third kappa shape index (κ3) is 6.48. The summed E-state index contributed by atoms with van der Waals surface area (Å²) in [6.45, 7) is 2.29. The van der Waals surface area contributed by atoms with Crippen LogP contribution in [-0.2, 0) is 19.1 Å². The summed E-state index contributed by atoms with van der Waals surface area (Å²) >= 11 is 0. The highest BCUT2D eigenvalue weighted by molar-refractivity contribution is 5.92. The summed E-state index contributed by atoms with van der Waals surface area (Å²) in [6.07, 6.45) is -0.0915. The number of likely N-dealkylation sites (tertiary alicyclic amines) is 1. The summed E-state index contributed by atoms with van der Waals surface area (Å²) in [5.74, 6) is 0.232. The van der Waals surface area contributed by atoms with Crippen molar-refractivity contribution >= 4 is 5.91 Å². The van der Waals surface area contributed by atoms with Gasteiger partial charge in [0, 0.05) is 25.8 Å². The van der Waals surface area contributed by atoms with Crippen LogP contribution in [0.4, 0.5) is 13.2 Å². The van der Waals surface area contributed by atoms with Gasteiger partial charge in [0.1, 0.15) is 5.69 Å². The molecule has 1 atom stereocenters. The molecule has 184 valence electrons. The number of rotatable bonds is 7. The Hall–Kier alpha value is -3.19. The van der Waals surface area contributed by atoms with Crippen LogP contribution < -0.4 is 0 Å². The van der Waals surface area contributed by atoms with Gasteiger partial charge in [0.2, 0.25) is 0 Å². The first-order chi connectivity index (χ1) is 16.8. The molecule has 0 bridgehead atoms. The first kappa shape index (κ1) is 24.9. The molecule has 1 aromatic heterocycles. The molecule has 1 saturated heterocycles. The third-order valence-corrected chi connectivity index (χ3v) is 6.85. The van der Waals surface area contributed by atoms with E-state index in [1.165, 1.54) is 5.56 Å². The van der Waals surface area contributed by atoms with Crippen LogP contribution in [0.3, 0.4) is 0 Å². The smallest absolute Gasteiger partial charge is 0.337 e. The van der Waals surface area contributed by atoms with E-state index in [1.807, 2.05) is 36.2 Å². The van der Waals surface area contributed by atoms with Crippen molar-refractivity contribution in [2.75, 3.05) is 20.1 Å². The van der Waals surface area contributed by atoms with Gasteiger partial charge in [-0.25, -0.2) is 0 Å². The fourth-order valence-corrected chi connectivity index (χ4v) is 4.85. The van der Waals surface area contributed by atoms with Crippen molar-refractivity contribution in [2.45, 2.75) is 38.0 Å². The summed E-state index contributed by atoms with van der Waals surface area (Å²) in [5, 5.41) is 0. The molecule has 7 heteroatoms. The minimum atomic E-state index is -4.32. The zero-order valence-corrected chi connectivity index (χ0v) is 19.8. The Bertz CT molecular complexity index is 1080. The zero-order chi connectivity index (χ0) is 24.8. The van der Waals surface area contributed by atoms with Crippen LogP contribution in [0.25, 0.3) is 0 Å². The molecular weight excluding hydrogens is 451 g/mol. The van der Waals surface area contributed by atoms with E-state index in [-0.39, 0.29) is 11.9 Å². The number of nitrogens with zero attached hydrogens (tertiary/aromatic N) is 3. The Morgan fingerprint density at radius 3 is 2.23 bits per heavy atom. The number of carbonyl (C=O) groups is 1. The number of carbonyl (C=O) groups excluding carboxylic acids is 1. The van der Waals surface area contributed by atoms with Gasteiger partial charge in [0.15, 0.2) is 0 Å². The molecule has 0 aliphatic carbocycles. The summed E-state index contributed by atoms with van der Waals surface area (Å²) < 4.78 is 38.5. The van der Waals surface area contributed by atoms with Crippen molar-refractivity contribution in [3.8, 4) is 0 Å². The monoisotopic (exact) mass is 481 g/mol. The van der Waals surface area contributed by atoms with E-state index in [0.29, 0.717) is 18.2 Å². The zero-order valence-electron chi connectivity index (χ0n) is 19.8. The number of aromatic nitrogens is 1. The Labute approximate surface area is 204 Å². The van der Waals surface area contributed by atoms with E-state index in [4.69, 9.17) is 0 Å². The van der Waals surface area contributed by atoms with E-state index < -0.39 is 11.7 Å². The maximum atomic E-state index is 13.2. The quantitative estimate of drug-likeness (QED) is 0.435. The molecule has 1 fully saturated rings. The van der Waals surface area contributed by atoms with Gasteiger partial charge in [-0.05, 0) is 73.7 Å². The van der Waals surface area contributed by atoms with Crippen LogP contribution in [0.2, 0.25) is 0 Å². The fourth-order valence-electron chi connectivity index (χ4n) is 4.85. The van der Waals surface area contributed by atoms with Crippen LogP contribution in [0.1, 0.15) is 40.0 Å². The van der Waals surface area contributed by atoms with E-state index in [1.54, 1.807) is 30.5 Å². The van der Waals surface area contributed by atoms with Gasteiger partial charge in [-0.3, -0.25) is 14.7 Å². The summed E-state index contributed by atoms with van der Waals surface area (Å²) in [7, 11) is 1.86. The second-order valence-electron chi connectivity index (χ2n) is 9.20. The van der Waals surface area contributed by atoms with Gasteiger partial charge in [0.25, 0.3) is 5.91 Å². The van der Waals surface area contributed by atoms with Crippen LogP contribution >= 0.6 is 0 Å². The molecule has 1 amide bonds. The summed E-state index contributed by atoms with van der Waals surface area (Å²) in [4.78, 5) is 21.6. The minimum absolute atomic E-state index is 0.0279. The lowest BCUT2D eigenvalue weighted by Gasteiger charge is -2.40. The fraction of sp³-hybridized carbons (Fsp3) is 0.357. The van der Waals surface area contributed by atoms with Crippen molar-refractivity contribution in [1.29, 1.82) is 0 Å². The molecule has 35 heavy (non-hydrogen) atoms. The number of benzene rings is 2. The van der Waals surface area contributed by atoms with Crippen LogP contribution in [0, 0.1) is 5.92 Å². The largest absolute Gasteiger partial charge is 0.416 e. The second kappa shape index (κ2) is 11.0. The van der Waals surface area contributed by atoms with Gasteiger partial charge in [-0.2, -0.15) is 13.2 Å². The molecule has 3 aromatic rings. The molecule has 2 heterocycles. The lowest BCUT2D eigenvalue weighted by atomic mass is 9.84. The maximum Gasteiger partial charge on any atom is 0.416 e. The topological polar surface area (TPSA) is 36.4 Å². The lowest BCUT2D eigenvalue weighted by Crippen LogP contribution is -2.47. The Morgan fingerprint density at radius 1 is 0.971 bits per heavy atom. The summed E-state index contributed by atoms with van der Waals surface area (Å²) in [5.41, 5.74) is 1.88. The average molecular weight is 482 g/mol. The number of halogens is 3. The van der Waals surface area contributed by atoms with E-state index in [9.17, 15) is 18.0 Å². The standard InChI is InChI=1S/C28H30F3N3O/c1-33(27(35)25-9-5-6-16-32-25)26(19-21-7-3-2-4-8-21)23-14-17-34(18-15-23)20-22-10-12-24(13-11-22)28(29,30)31/h2-13,16,23,26H,14-15,17-20H2,1H3/t26-/m0/s1. The number of hydrogen-bond acceptors (Lipinski definition) is 3. The van der Waals surface area contributed by atoms with Crippen LogP contribution in [0.5, 0.6) is 0 Å². The molecule has 0 spiro atoms. The van der Waals surface area contributed by atoms with E-state index >= 15 is 0 Å². The Morgan fingerprint density at radius 2 is 1.63 bits per heavy atom. The number of likely N-dealkylation sites (N-methyl/N-ethyl adjacent to an activating group) is 1. The molecule has 0 saturated carbocycles. The van der Waals surface area contributed by atoms with Gasteiger partial charge < -0.3 is 4.90 Å². The number of hydrogen-bond donors (Lipinski definition) is 0. The van der Waals surface area contributed by atoms with E-state index in [0.717, 1.165) is 50.0 Å². The van der Waals surface area contributed by atoms with Gasteiger partial charge in [-0.1, -0.05) is 48.5 Å². The average Bonchev–Trinajstić information content (AvgIpc) is 2.88. The molecule has 0 radical (unpaired) electrons. The van der Waals surface area contributed by atoms with Crippen molar-refractivity contribution in [3.05, 3.63) is 101 Å². The number of alkyl halides is 3. The van der Waals surface area contributed by atoms with Crippen molar-refractivity contribution in [1.82, 2.24) is 14.8 Å². The SMILES string of the molecule is CN(C(=O)c1ccccn1)[C@@H](Cc1ccccc1)C1CCN(Cc2ccc(C(F)(F)F)cc2)CC1. The molecule has 0 unspecified atom stereocenters. The molecule has 1 aliphatic heterocycles. The van der Waals surface area contributed by atoms with Crippen LogP contribution in [-0.4, -0.2) is 46.9 Å². The predicted molar refractivity (Wildman–Crippen MR) is 130 cm³/mol. The highest BCUT2D eigenvalue weighted by atomic mass is 19.4.